The largest absolute Gasteiger partial charge is 0.493 e. The maximum atomic E-state index is 5.72. The fourth-order valence-electron chi connectivity index (χ4n) is 4.49. The van der Waals surface area contributed by atoms with Crippen LogP contribution in [0.3, 0.4) is 0 Å². The fourth-order valence-corrected chi connectivity index (χ4v) is 5.17. The van der Waals surface area contributed by atoms with Gasteiger partial charge >= 0.3 is 0 Å². The molecule has 0 radical (unpaired) electrons. The highest BCUT2D eigenvalue weighted by Crippen LogP contribution is 2.28. The van der Waals surface area contributed by atoms with E-state index in [0.29, 0.717) is 0 Å². The zero-order valence-corrected chi connectivity index (χ0v) is 15.7. The topological polar surface area (TPSA) is 15.7 Å². The second kappa shape index (κ2) is 7.67. The van der Waals surface area contributed by atoms with Crippen molar-refractivity contribution in [2.75, 3.05) is 39.0 Å². The molecule has 0 saturated carbocycles. The highest BCUT2D eigenvalue weighted by atomic mass is 32.2. The average molecular weight is 347 g/mol. The van der Waals surface area contributed by atoms with Gasteiger partial charge in [0.05, 0.1) is 6.61 Å². The summed E-state index contributed by atoms with van der Waals surface area (Å²) >= 11 is 2.06. The second-order valence-electron chi connectivity index (χ2n) is 7.52. The first-order valence-corrected chi connectivity index (χ1v) is 10.8. The van der Waals surface area contributed by atoms with Gasteiger partial charge in [-0.25, -0.2) is 0 Å². The molecule has 0 amide bonds. The van der Waals surface area contributed by atoms with Crippen molar-refractivity contribution in [1.29, 1.82) is 0 Å². The summed E-state index contributed by atoms with van der Waals surface area (Å²) in [4.78, 5) is 5.40. The van der Waals surface area contributed by atoms with Crippen LogP contribution in [0.5, 0.6) is 5.75 Å². The van der Waals surface area contributed by atoms with Gasteiger partial charge in [-0.1, -0.05) is 12.1 Å². The van der Waals surface area contributed by atoms with Gasteiger partial charge in [-0.05, 0) is 75.3 Å². The number of fused-ring (bicyclic) bond motifs is 1. The summed E-state index contributed by atoms with van der Waals surface area (Å²) in [6, 6.07) is 7.65. The van der Waals surface area contributed by atoms with Gasteiger partial charge < -0.3 is 9.64 Å². The molecule has 3 aliphatic heterocycles. The third-order valence-corrected chi connectivity index (χ3v) is 7.19. The molecule has 0 atom stereocenters. The van der Waals surface area contributed by atoms with Crippen molar-refractivity contribution in [3.8, 4) is 5.75 Å². The molecule has 132 valence electrons. The van der Waals surface area contributed by atoms with E-state index in [1.54, 1.807) is 0 Å². The van der Waals surface area contributed by atoms with Crippen molar-refractivity contribution in [1.82, 2.24) is 9.80 Å². The summed E-state index contributed by atoms with van der Waals surface area (Å²) < 4.78 is 5.72. The van der Waals surface area contributed by atoms with Gasteiger partial charge in [-0.3, -0.25) is 4.90 Å². The number of hydrogen-bond acceptors (Lipinski definition) is 4. The van der Waals surface area contributed by atoms with Crippen molar-refractivity contribution in [2.45, 2.75) is 49.9 Å². The van der Waals surface area contributed by atoms with Gasteiger partial charge in [0.15, 0.2) is 0 Å². The van der Waals surface area contributed by atoms with Crippen LogP contribution in [0.1, 0.15) is 36.8 Å². The molecule has 0 N–H and O–H groups in total. The molecule has 1 aromatic rings. The molecular weight excluding hydrogens is 316 g/mol. The lowest BCUT2D eigenvalue weighted by Gasteiger charge is -2.41. The summed E-state index contributed by atoms with van der Waals surface area (Å²) in [5, 5.41) is 0.906. The third kappa shape index (κ3) is 3.76. The van der Waals surface area contributed by atoms with Gasteiger partial charge in [-0.2, -0.15) is 11.8 Å². The van der Waals surface area contributed by atoms with E-state index in [-0.39, 0.29) is 0 Å². The van der Waals surface area contributed by atoms with Crippen molar-refractivity contribution < 1.29 is 4.74 Å². The number of piperidine rings is 2. The summed E-state index contributed by atoms with van der Waals surface area (Å²) in [5.74, 6) is 1.12. The SMILES string of the molecule is CSC1CCN(C2CCN(Cc3ccc4c(c3)OCC4)CC2)CC1. The maximum Gasteiger partial charge on any atom is 0.122 e. The minimum Gasteiger partial charge on any atom is -0.493 e. The quantitative estimate of drug-likeness (QED) is 0.830. The molecule has 2 saturated heterocycles. The Morgan fingerprint density at radius 2 is 1.88 bits per heavy atom. The Kier molecular flexibility index (Phi) is 5.35. The lowest BCUT2D eigenvalue weighted by molar-refractivity contribution is 0.0910. The van der Waals surface area contributed by atoms with Crippen molar-refractivity contribution in [2.24, 2.45) is 0 Å². The van der Waals surface area contributed by atoms with E-state index in [1.165, 1.54) is 63.0 Å². The molecule has 0 spiro atoms. The van der Waals surface area contributed by atoms with Gasteiger partial charge in [0.2, 0.25) is 0 Å². The monoisotopic (exact) mass is 346 g/mol. The van der Waals surface area contributed by atoms with Gasteiger partial charge in [0, 0.05) is 24.3 Å². The standard InChI is InChI=1S/C20H30N2OS/c1-24-19-6-11-22(12-7-19)18-4-9-21(10-5-18)15-16-2-3-17-8-13-23-20(17)14-16/h2-3,14,18-19H,4-13,15H2,1H3. The molecule has 0 bridgehead atoms. The number of hydrogen-bond donors (Lipinski definition) is 0. The van der Waals surface area contributed by atoms with Crippen LogP contribution in [-0.4, -0.2) is 60.1 Å². The number of thioether (sulfide) groups is 1. The van der Waals surface area contributed by atoms with Crippen LogP contribution in [0, 0.1) is 0 Å². The molecule has 4 heteroatoms. The Morgan fingerprint density at radius 1 is 1.08 bits per heavy atom. The lowest BCUT2D eigenvalue weighted by Crippen LogP contribution is -2.47. The molecule has 4 rings (SSSR count). The highest BCUT2D eigenvalue weighted by Gasteiger charge is 2.28. The van der Waals surface area contributed by atoms with Crippen LogP contribution in [0.4, 0.5) is 0 Å². The molecule has 24 heavy (non-hydrogen) atoms. The minimum atomic E-state index is 0.826. The molecule has 3 heterocycles. The van der Waals surface area contributed by atoms with Crippen LogP contribution < -0.4 is 4.74 Å². The summed E-state index contributed by atoms with van der Waals surface area (Å²) in [7, 11) is 0. The maximum absolute atomic E-state index is 5.72. The van der Waals surface area contributed by atoms with Crippen LogP contribution in [0.15, 0.2) is 18.2 Å². The van der Waals surface area contributed by atoms with Gasteiger partial charge in [-0.15, -0.1) is 0 Å². The number of benzene rings is 1. The van der Waals surface area contributed by atoms with Crippen LogP contribution >= 0.6 is 11.8 Å². The first-order valence-electron chi connectivity index (χ1n) is 9.55. The highest BCUT2D eigenvalue weighted by molar-refractivity contribution is 7.99. The molecule has 1 aromatic carbocycles. The van der Waals surface area contributed by atoms with Crippen LogP contribution in [-0.2, 0) is 13.0 Å². The van der Waals surface area contributed by atoms with E-state index >= 15 is 0 Å². The van der Waals surface area contributed by atoms with E-state index in [0.717, 1.165) is 36.6 Å². The molecule has 0 aliphatic carbocycles. The first kappa shape index (κ1) is 16.7. The van der Waals surface area contributed by atoms with Gasteiger partial charge in [0.25, 0.3) is 0 Å². The molecule has 3 aliphatic rings. The molecular formula is C20H30N2OS. The second-order valence-corrected chi connectivity index (χ2v) is 8.66. The Bertz CT molecular complexity index is 549. The van der Waals surface area contributed by atoms with E-state index in [4.69, 9.17) is 4.74 Å². The fraction of sp³-hybridized carbons (Fsp3) is 0.700. The summed E-state index contributed by atoms with van der Waals surface area (Å²) in [6.45, 7) is 7.06. The minimum absolute atomic E-state index is 0.826. The molecule has 0 unspecified atom stereocenters. The summed E-state index contributed by atoms with van der Waals surface area (Å²) in [5.41, 5.74) is 2.79. The molecule has 2 fully saturated rings. The Labute approximate surface area is 150 Å². The third-order valence-electron chi connectivity index (χ3n) is 6.05. The van der Waals surface area contributed by atoms with Crippen molar-refractivity contribution >= 4 is 11.8 Å². The van der Waals surface area contributed by atoms with Crippen molar-refractivity contribution in [3.05, 3.63) is 29.3 Å². The van der Waals surface area contributed by atoms with Crippen molar-refractivity contribution in [3.63, 3.8) is 0 Å². The average Bonchev–Trinajstić information content (AvgIpc) is 3.10. The lowest BCUT2D eigenvalue weighted by atomic mass is 9.99. The number of rotatable bonds is 4. The Hall–Kier alpha value is -0.710. The normalized spacial score (nSPS) is 24.0. The zero-order valence-electron chi connectivity index (χ0n) is 14.9. The number of nitrogens with zero attached hydrogens (tertiary/aromatic N) is 2. The predicted molar refractivity (Wildman–Crippen MR) is 102 cm³/mol. The number of likely N-dealkylation sites (tertiary alicyclic amines) is 2. The van der Waals surface area contributed by atoms with Crippen LogP contribution in [0.25, 0.3) is 0 Å². The Morgan fingerprint density at radius 3 is 2.62 bits per heavy atom. The van der Waals surface area contributed by atoms with E-state index < -0.39 is 0 Å². The van der Waals surface area contributed by atoms with Crippen LogP contribution in [0.2, 0.25) is 0 Å². The van der Waals surface area contributed by atoms with E-state index in [2.05, 4.69) is 46.0 Å². The zero-order chi connectivity index (χ0) is 16.4. The summed E-state index contributed by atoms with van der Waals surface area (Å²) in [6.07, 6.45) is 8.79. The van der Waals surface area contributed by atoms with E-state index in [1.807, 2.05) is 0 Å². The first-order chi connectivity index (χ1) is 11.8. The smallest absolute Gasteiger partial charge is 0.122 e. The Balaban J connectivity index is 1.26. The number of ether oxygens (including phenoxy) is 1. The molecule has 0 aromatic heterocycles. The van der Waals surface area contributed by atoms with E-state index in [9.17, 15) is 0 Å². The molecule has 3 nitrogen and oxygen atoms in total. The predicted octanol–water partition coefficient (Wildman–Crippen LogP) is 3.41. The van der Waals surface area contributed by atoms with Gasteiger partial charge in [0.1, 0.15) is 5.75 Å².